The van der Waals surface area contributed by atoms with Crippen LogP contribution in [-0.4, -0.2) is 58.9 Å². The summed E-state index contributed by atoms with van der Waals surface area (Å²) in [6, 6.07) is 8.40. The van der Waals surface area contributed by atoms with Gasteiger partial charge in [0.15, 0.2) is 0 Å². The Morgan fingerprint density at radius 1 is 0.929 bits per heavy atom. The summed E-state index contributed by atoms with van der Waals surface area (Å²) in [5.74, 6) is -1.67. The Morgan fingerprint density at radius 3 is 2.17 bits per heavy atom. The SMILES string of the molecule is CC(=O)NC(C)(C)C1CC2(CCN(C(=O)[C@@H]3CN(C(C)(C)C)C[C@H]3c3ccc(F)cc3F)CC2)c2cc(C)c(C)cc21. The second-order valence-electron chi connectivity index (χ2n) is 14.7. The number of benzene rings is 2. The Labute approximate surface area is 250 Å². The quantitative estimate of drug-likeness (QED) is 0.459. The maximum atomic E-state index is 15.0. The van der Waals surface area contributed by atoms with E-state index in [1.165, 1.54) is 34.4 Å². The summed E-state index contributed by atoms with van der Waals surface area (Å²) in [6.07, 6.45) is 2.64. The first-order valence-corrected chi connectivity index (χ1v) is 15.4. The molecule has 2 aliphatic heterocycles. The van der Waals surface area contributed by atoms with E-state index in [4.69, 9.17) is 0 Å². The third kappa shape index (κ3) is 5.49. The van der Waals surface area contributed by atoms with Gasteiger partial charge in [-0.1, -0.05) is 18.2 Å². The Morgan fingerprint density at radius 2 is 1.57 bits per heavy atom. The highest BCUT2D eigenvalue weighted by Crippen LogP contribution is 2.55. The molecule has 0 radical (unpaired) electrons. The fourth-order valence-electron chi connectivity index (χ4n) is 7.96. The summed E-state index contributed by atoms with van der Waals surface area (Å²) in [6.45, 7) is 18.9. The minimum absolute atomic E-state index is 0.0280. The van der Waals surface area contributed by atoms with Crippen LogP contribution in [0.5, 0.6) is 0 Å². The minimum atomic E-state index is -0.603. The van der Waals surface area contributed by atoms with Crippen LogP contribution in [-0.2, 0) is 15.0 Å². The number of nitrogens with one attached hydrogen (secondary N) is 1. The van der Waals surface area contributed by atoms with E-state index in [0.29, 0.717) is 31.7 Å². The topological polar surface area (TPSA) is 52.7 Å². The highest BCUT2D eigenvalue weighted by molar-refractivity contribution is 5.81. The first kappa shape index (κ1) is 30.7. The number of carbonyl (C=O) groups excluding carboxylic acids is 2. The molecule has 0 bridgehead atoms. The number of fused-ring (bicyclic) bond motifs is 2. The van der Waals surface area contributed by atoms with Crippen molar-refractivity contribution in [2.24, 2.45) is 5.92 Å². The van der Waals surface area contributed by atoms with Crippen LogP contribution in [0.4, 0.5) is 8.78 Å². The molecular weight excluding hydrogens is 532 g/mol. The molecule has 2 amide bonds. The van der Waals surface area contributed by atoms with E-state index in [-0.39, 0.29) is 40.5 Å². The maximum Gasteiger partial charge on any atom is 0.227 e. The molecule has 0 aromatic heterocycles. The molecule has 3 atom stereocenters. The van der Waals surface area contributed by atoms with E-state index in [1.54, 1.807) is 6.92 Å². The fraction of sp³-hybridized carbons (Fsp3) is 0.600. The number of halogens is 2. The van der Waals surface area contributed by atoms with Crippen LogP contribution in [0.25, 0.3) is 0 Å². The standard InChI is InChI=1S/C35H47F2N3O2/c1-21-15-26-29(16-22(21)2)35(18-30(26)34(7,8)38-23(3)41)11-13-39(14-12-35)32(42)28-20-40(33(4,5)6)19-27(28)25-10-9-24(36)17-31(25)37/h9-10,15-17,27-28,30H,11-14,18-20H2,1-8H3,(H,38,41)/t27-,28+,30?/m0/s1. The van der Waals surface area contributed by atoms with Gasteiger partial charge in [-0.2, -0.15) is 0 Å². The summed E-state index contributed by atoms with van der Waals surface area (Å²) < 4.78 is 28.8. The van der Waals surface area contributed by atoms with Crippen molar-refractivity contribution >= 4 is 11.8 Å². The average Bonchev–Trinajstić information content (AvgIpc) is 3.45. The number of aryl methyl sites for hydroxylation is 2. The van der Waals surface area contributed by atoms with Crippen LogP contribution in [0, 0.1) is 31.4 Å². The normalized spacial score (nSPS) is 24.2. The molecule has 1 spiro atoms. The highest BCUT2D eigenvalue weighted by Gasteiger charge is 2.51. The Bertz CT molecular complexity index is 1390. The van der Waals surface area contributed by atoms with Gasteiger partial charge in [0.25, 0.3) is 0 Å². The second kappa shape index (κ2) is 10.7. The Balaban J connectivity index is 1.40. The lowest BCUT2D eigenvalue weighted by molar-refractivity contribution is -0.137. The van der Waals surface area contributed by atoms with Gasteiger partial charge in [-0.05, 0) is 107 Å². The van der Waals surface area contributed by atoms with Crippen molar-refractivity contribution in [3.05, 3.63) is 69.8 Å². The van der Waals surface area contributed by atoms with Crippen molar-refractivity contribution in [3.63, 3.8) is 0 Å². The number of hydrogen-bond donors (Lipinski definition) is 1. The van der Waals surface area contributed by atoms with Gasteiger partial charge in [-0.15, -0.1) is 0 Å². The molecule has 1 aliphatic carbocycles. The van der Waals surface area contributed by atoms with Gasteiger partial charge in [-0.3, -0.25) is 14.5 Å². The molecule has 0 saturated carbocycles. The third-order valence-corrected chi connectivity index (χ3v) is 10.6. The molecule has 2 heterocycles. The van der Waals surface area contributed by atoms with Crippen molar-refractivity contribution in [3.8, 4) is 0 Å². The van der Waals surface area contributed by atoms with E-state index >= 15 is 4.39 Å². The lowest BCUT2D eigenvalue weighted by Gasteiger charge is -2.42. The van der Waals surface area contributed by atoms with Crippen molar-refractivity contribution in [1.82, 2.24) is 15.1 Å². The molecule has 1 unspecified atom stereocenters. The van der Waals surface area contributed by atoms with Gasteiger partial charge in [0.05, 0.1) is 5.92 Å². The molecule has 42 heavy (non-hydrogen) atoms. The number of hydrogen-bond acceptors (Lipinski definition) is 3. The molecule has 228 valence electrons. The zero-order chi connectivity index (χ0) is 30.8. The molecule has 5 rings (SSSR count). The number of amides is 2. The molecule has 2 aromatic carbocycles. The van der Waals surface area contributed by atoms with Crippen molar-refractivity contribution < 1.29 is 18.4 Å². The van der Waals surface area contributed by atoms with Gasteiger partial charge in [0.2, 0.25) is 11.8 Å². The van der Waals surface area contributed by atoms with Crippen LogP contribution in [0.3, 0.4) is 0 Å². The van der Waals surface area contributed by atoms with E-state index in [9.17, 15) is 14.0 Å². The fourth-order valence-corrected chi connectivity index (χ4v) is 7.96. The molecule has 2 saturated heterocycles. The second-order valence-corrected chi connectivity index (χ2v) is 14.7. The molecule has 2 aromatic rings. The van der Waals surface area contributed by atoms with Gasteiger partial charge >= 0.3 is 0 Å². The summed E-state index contributed by atoms with van der Waals surface area (Å²) in [7, 11) is 0. The lowest BCUT2D eigenvalue weighted by Crippen LogP contribution is -2.49. The maximum absolute atomic E-state index is 15.0. The number of nitrogens with zero attached hydrogens (tertiary/aromatic N) is 2. The van der Waals surface area contributed by atoms with Gasteiger partial charge in [0, 0.05) is 62.1 Å². The summed E-state index contributed by atoms with van der Waals surface area (Å²) in [4.78, 5) is 30.5. The van der Waals surface area contributed by atoms with Crippen molar-refractivity contribution in [1.29, 1.82) is 0 Å². The Kier molecular flexibility index (Phi) is 7.83. The summed E-state index contributed by atoms with van der Waals surface area (Å²) >= 11 is 0. The lowest BCUT2D eigenvalue weighted by atomic mass is 9.71. The van der Waals surface area contributed by atoms with Crippen LogP contribution in [0.2, 0.25) is 0 Å². The van der Waals surface area contributed by atoms with E-state index in [2.05, 4.69) is 70.8 Å². The zero-order valence-corrected chi connectivity index (χ0v) is 26.5. The largest absolute Gasteiger partial charge is 0.351 e. The molecule has 7 heteroatoms. The average molecular weight is 580 g/mol. The minimum Gasteiger partial charge on any atom is -0.351 e. The van der Waals surface area contributed by atoms with Crippen LogP contribution < -0.4 is 5.32 Å². The molecular formula is C35H47F2N3O2. The van der Waals surface area contributed by atoms with Gasteiger partial charge < -0.3 is 10.2 Å². The number of rotatable bonds is 4. The van der Waals surface area contributed by atoms with E-state index < -0.39 is 17.2 Å². The van der Waals surface area contributed by atoms with Crippen LogP contribution >= 0.6 is 0 Å². The highest BCUT2D eigenvalue weighted by atomic mass is 19.1. The number of piperidine rings is 1. The van der Waals surface area contributed by atoms with E-state index in [0.717, 1.165) is 25.3 Å². The predicted molar refractivity (Wildman–Crippen MR) is 163 cm³/mol. The smallest absolute Gasteiger partial charge is 0.227 e. The first-order valence-electron chi connectivity index (χ1n) is 15.4. The molecule has 2 fully saturated rings. The number of likely N-dealkylation sites (tertiary alicyclic amines) is 2. The molecule has 5 nitrogen and oxygen atoms in total. The predicted octanol–water partition coefficient (Wildman–Crippen LogP) is 6.36. The third-order valence-electron chi connectivity index (χ3n) is 10.6. The van der Waals surface area contributed by atoms with E-state index in [1.807, 2.05) is 4.90 Å². The summed E-state index contributed by atoms with van der Waals surface area (Å²) in [5.41, 5.74) is 5.01. The van der Waals surface area contributed by atoms with Crippen LogP contribution in [0.1, 0.15) is 100 Å². The monoisotopic (exact) mass is 579 g/mol. The van der Waals surface area contributed by atoms with Gasteiger partial charge in [0.1, 0.15) is 11.6 Å². The summed E-state index contributed by atoms with van der Waals surface area (Å²) in [5, 5.41) is 3.20. The van der Waals surface area contributed by atoms with Crippen molar-refractivity contribution in [2.75, 3.05) is 26.2 Å². The van der Waals surface area contributed by atoms with Gasteiger partial charge in [-0.25, -0.2) is 8.78 Å². The zero-order valence-electron chi connectivity index (χ0n) is 26.5. The Hall–Kier alpha value is -2.80. The van der Waals surface area contributed by atoms with Crippen molar-refractivity contribution in [2.45, 2.75) is 103 Å². The first-order chi connectivity index (χ1) is 19.5. The molecule has 3 aliphatic rings. The number of carbonyl (C=O) groups is 2. The van der Waals surface area contributed by atoms with Crippen LogP contribution in [0.15, 0.2) is 30.3 Å². The molecule has 1 N–H and O–H groups in total.